The van der Waals surface area contributed by atoms with Crippen LogP contribution >= 0.6 is 0 Å². The predicted octanol–water partition coefficient (Wildman–Crippen LogP) is 3.30. The zero-order valence-electron chi connectivity index (χ0n) is 13.3. The first-order valence-electron chi connectivity index (χ1n) is 7.83. The molecule has 1 unspecified atom stereocenters. The van der Waals surface area contributed by atoms with Crippen molar-refractivity contribution in [2.75, 3.05) is 19.6 Å². The van der Waals surface area contributed by atoms with E-state index in [0.29, 0.717) is 11.1 Å². The summed E-state index contributed by atoms with van der Waals surface area (Å²) < 4.78 is 15.6. The average Bonchev–Trinajstić information content (AvgIpc) is 2.44. The van der Waals surface area contributed by atoms with Crippen LogP contribution < -0.4 is 0 Å². The summed E-state index contributed by atoms with van der Waals surface area (Å²) in [4.78, 5) is 14.8. The fraction of sp³-hybridized carbons (Fsp3) is 0.562. The zero-order chi connectivity index (χ0) is 14.7. The summed E-state index contributed by atoms with van der Waals surface area (Å²) in [5.41, 5.74) is 1.14. The van der Waals surface area contributed by atoms with Crippen molar-refractivity contribution in [2.24, 2.45) is 5.92 Å². The van der Waals surface area contributed by atoms with Crippen LogP contribution in [0.2, 0.25) is 0 Å². The van der Waals surface area contributed by atoms with Crippen molar-refractivity contribution in [3.8, 4) is 0 Å². The molecular formula is C16H23NO. The molecule has 1 aromatic carbocycles. The Hall–Kier alpha value is -1.15. The molecule has 1 aromatic rings. The van der Waals surface area contributed by atoms with E-state index in [0.717, 1.165) is 19.6 Å². The Labute approximate surface area is 113 Å². The van der Waals surface area contributed by atoms with Gasteiger partial charge in [-0.05, 0) is 32.9 Å². The lowest BCUT2D eigenvalue weighted by Gasteiger charge is -2.28. The van der Waals surface area contributed by atoms with Gasteiger partial charge >= 0.3 is 0 Å². The largest absolute Gasteiger partial charge is 0.303 e. The van der Waals surface area contributed by atoms with Crippen molar-refractivity contribution < 1.29 is 7.54 Å². The summed E-state index contributed by atoms with van der Waals surface area (Å²) in [7, 11) is 0. The third-order valence-electron chi connectivity index (χ3n) is 3.60. The molecule has 0 aromatic heterocycles. The fourth-order valence-electron chi connectivity index (χ4n) is 2.49. The molecule has 0 N–H and O–H groups in total. The van der Waals surface area contributed by atoms with E-state index in [1.807, 2.05) is 6.92 Å². The Morgan fingerprint density at radius 2 is 1.94 bits per heavy atom. The first-order chi connectivity index (χ1) is 9.49. The fourth-order valence-corrected chi connectivity index (χ4v) is 2.49. The highest BCUT2D eigenvalue weighted by Crippen LogP contribution is 2.15. The number of piperidine rings is 1. The van der Waals surface area contributed by atoms with E-state index < -0.39 is 0 Å². The number of likely N-dealkylation sites (tertiary alicyclic amines) is 1. The first-order valence-corrected chi connectivity index (χ1v) is 6.83. The van der Waals surface area contributed by atoms with Gasteiger partial charge in [-0.15, -0.1) is 0 Å². The van der Waals surface area contributed by atoms with E-state index in [2.05, 4.69) is 4.90 Å². The number of Topliss-reactive ketones (excluding diaryl/α,β-unsaturated/α-hetero) is 1. The van der Waals surface area contributed by atoms with Crippen LogP contribution in [0.3, 0.4) is 0 Å². The summed E-state index contributed by atoms with van der Waals surface area (Å²) in [6.45, 7) is 6.64. The molecule has 1 aliphatic heterocycles. The Bertz CT molecular complexity index is 472. The summed E-state index contributed by atoms with van der Waals surface area (Å²) in [5.74, 6) is -0.0211. The van der Waals surface area contributed by atoms with E-state index in [-0.39, 0.29) is 23.8 Å². The van der Waals surface area contributed by atoms with Crippen molar-refractivity contribution in [3.63, 3.8) is 0 Å². The average molecular weight is 249 g/mol. The summed E-state index contributed by atoms with van der Waals surface area (Å²) in [6.07, 6.45) is 3.74. The number of benzene rings is 1. The SMILES string of the molecule is [3H]c1cc(C(=O)C(C)CN2CCCCC2)cc([3H])c1C. The number of carbonyl (C=O) groups excluding carboxylic acids is 1. The minimum Gasteiger partial charge on any atom is -0.303 e. The third kappa shape index (κ3) is 3.42. The number of hydrogen-bond donors (Lipinski definition) is 0. The van der Waals surface area contributed by atoms with Gasteiger partial charge in [-0.1, -0.05) is 43.1 Å². The lowest BCUT2D eigenvalue weighted by Crippen LogP contribution is -2.35. The topological polar surface area (TPSA) is 20.3 Å². The number of ketones is 1. The molecule has 18 heavy (non-hydrogen) atoms. The summed E-state index contributed by atoms with van der Waals surface area (Å²) >= 11 is 0. The molecule has 98 valence electrons. The second-order valence-corrected chi connectivity index (χ2v) is 5.28. The standard InChI is InChI=1S/C16H23NO/c1-13-6-8-15(9-7-13)16(18)14(2)12-17-10-4-3-5-11-17/h6-9,14H,3-5,10-12H2,1-2H3/i6T,7T. The monoisotopic (exact) mass is 249 g/mol. The van der Waals surface area contributed by atoms with Crippen LogP contribution in [-0.4, -0.2) is 30.3 Å². The van der Waals surface area contributed by atoms with Gasteiger partial charge in [-0.3, -0.25) is 4.79 Å². The van der Waals surface area contributed by atoms with E-state index in [1.54, 1.807) is 19.1 Å². The number of hydrogen-bond acceptors (Lipinski definition) is 2. The molecule has 1 fully saturated rings. The lowest BCUT2D eigenvalue weighted by molar-refractivity contribution is 0.0883. The van der Waals surface area contributed by atoms with Gasteiger partial charge in [0.15, 0.2) is 5.78 Å². The normalized spacial score (nSPS) is 20.1. The van der Waals surface area contributed by atoms with Crippen LogP contribution in [-0.2, 0) is 0 Å². The number of rotatable bonds is 4. The molecule has 1 aliphatic rings. The van der Waals surface area contributed by atoms with Gasteiger partial charge < -0.3 is 4.90 Å². The van der Waals surface area contributed by atoms with Crippen LogP contribution in [0.25, 0.3) is 0 Å². The van der Waals surface area contributed by atoms with Crippen LogP contribution in [0.1, 0.15) is 44.8 Å². The molecule has 2 rings (SSSR count). The van der Waals surface area contributed by atoms with Crippen molar-refractivity contribution in [1.82, 2.24) is 4.90 Å². The smallest absolute Gasteiger partial charge is 0.166 e. The molecule has 0 saturated carbocycles. The highest BCUT2D eigenvalue weighted by Gasteiger charge is 2.19. The van der Waals surface area contributed by atoms with Gasteiger partial charge in [-0.2, -0.15) is 0 Å². The van der Waals surface area contributed by atoms with Crippen LogP contribution in [0, 0.1) is 12.8 Å². The maximum absolute atomic E-state index is 12.4. The van der Waals surface area contributed by atoms with Gasteiger partial charge in [-0.25, -0.2) is 0 Å². The highest BCUT2D eigenvalue weighted by atomic mass is 16.1. The highest BCUT2D eigenvalue weighted by molar-refractivity contribution is 5.97. The third-order valence-corrected chi connectivity index (χ3v) is 3.60. The van der Waals surface area contributed by atoms with E-state index in [1.165, 1.54) is 19.3 Å². The first kappa shape index (κ1) is 10.7. The van der Waals surface area contributed by atoms with Crippen molar-refractivity contribution in [2.45, 2.75) is 33.1 Å². The summed E-state index contributed by atoms with van der Waals surface area (Å²) in [6, 6.07) is 3.77. The Balaban J connectivity index is 2.06. The van der Waals surface area contributed by atoms with Gasteiger partial charge in [0.1, 0.15) is 0 Å². The van der Waals surface area contributed by atoms with E-state index in [4.69, 9.17) is 2.74 Å². The molecule has 1 saturated heterocycles. The summed E-state index contributed by atoms with van der Waals surface area (Å²) in [5, 5.41) is 0. The molecule has 0 radical (unpaired) electrons. The van der Waals surface area contributed by atoms with Gasteiger partial charge in [0, 0.05) is 18.0 Å². The van der Waals surface area contributed by atoms with E-state index >= 15 is 0 Å². The lowest BCUT2D eigenvalue weighted by atomic mass is 9.97. The van der Waals surface area contributed by atoms with Gasteiger partial charge in [0.05, 0.1) is 2.74 Å². The van der Waals surface area contributed by atoms with Gasteiger partial charge in [0.25, 0.3) is 0 Å². The zero-order valence-corrected chi connectivity index (χ0v) is 11.3. The number of nitrogens with zero attached hydrogens (tertiary/aromatic N) is 1. The number of carbonyl (C=O) groups is 1. The molecule has 2 nitrogen and oxygen atoms in total. The Morgan fingerprint density at radius 1 is 1.33 bits per heavy atom. The predicted molar refractivity (Wildman–Crippen MR) is 75.0 cm³/mol. The van der Waals surface area contributed by atoms with E-state index in [9.17, 15) is 4.79 Å². The molecule has 0 aliphatic carbocycles. The Morgan fingerprint density at radius 3 is 2.56 bits per heavy atom. The van der Waals surface area contributed by atoms with Crippen LogP contribution in [0.5, 0.6) is 0 Å². The van der Waals surface area contributed by atoms with Crippen LogP contribution in [0.15, 0.2) is 24.2 Å². The van der Waals surface area contributed by atoms with Gasteiger partial charge in [0.2, 0.25) is 0 Å². The molecular weight excluding hydrogens is 222 g/mol. The maximum Gasteiger partial charge on any atom is 0.166 e. The molecule has 2 heteroatoms. The second-order valence-electron chi connectivity index (χ2n) is 5.28. The molecule has 1 atom stereocenters. The second kappa shape index (κ2) is 6.14. The molecule has 0 bridgehead atoms. The van der Waals surface area contributed by atoms with Crippen molar-refractivity contribution in [1.29, 1.82) is 0 Å². The van der Waals surface area contributed by atoms with Crippen molar-refractivity contribution in [3.05, 3.63) is 35.3 Å². The minimum absolute atomic E-state index is 0.0533. The molecule has 1 heterocycles. The molecule has 0 amide bonds. The quantitative estimate of drug-likeness (QED) is 0.763. The Kier molecular flexibility index (Phi) is 3.67. The molecule has 0 spiro atoms. The van der Waals surface area contributed by atoms with Crippen molar-refractivity contribution >= 4 is 5.78 Å². The maximum atomic E-state index is 12.4. The minimum atomic E-state index is -0.0744. The van der Waals surface area contributed by atoms with Crippen LogP contribution in [0.4, 0.5) is 0 Å².